The van der Waals surface area contributed by atoms with Gasteiger partial charge in [-0.05, 0) is 54.1 Å². The summed E-state index contributed by atoms with van der Waals surface area (Å²) in [5, 5.41) is 5.83. The Labute approximate surface area is 191 Å². The topological polar surface area (TPSA) is 108 Å². The van der Waals surface area contributed by atoms with Crippen LogP contribution >= 0.6 is 11.6 Å². The highest BCUT2D eigenvalue weighted by Gasteiger charge is 2.27. The molecule has 0 saturated carbocycles. The van der Waals surface area contributed by atoms with Crippen LogP contribution in [0.5, 0.6) is 0 Å². The normalized spacial score (nSPS) is 11.2. The average molecular weight is 473 g/mol. The fraction of sp³-hybridized carbons (Fsp3) is 0.136. The molecule has 2 N–H and O–H groups in total. The first-order valence-corrected chi connectivity index (χ1v) is 11.4. The van der Waals surface area contributed by atoms with Crippen LogP contribution in [0.1, 0.15) is 12.5 Å². The Morgan fingerprint density at radius 2 is 1.59 bits per heavy atom. The minimum absolute atomic E-state index is 0.0126. The van der Waals surface area contributed by atoms with Crippen LogP contribution in [0.15, 0.2) is 78.0 Å². The molecule has 2 aromatic carbocycles. The lowest BCUT2D eigenvalue weighted by Gasteiger charge is -2.22. The molecule has 3 aromatic rings. The molecule has 32 heavy (non-hydrogen) atoms. The van der Waals surface area contributed by atoms with Crippen LogP contribution in [0.2, 0.25) is 5.02 Å². The highest BCUT2D eigenvalue weighted by atomic mass is 35.5. The van der Waals surface area contributed by atoms with Crippen molar-refractivity contribution >= 4 is 44.8 Å². The first-order chi connectivity index (χ1) is 15.2. The summed E-state index contributed by atoms with van der Waals surface area (Å²) in [7, 11) is -3.99. The maximum atomic E-state index is 13.2. The highest BCUT2D eigenvalue weighted by molar-refractivity contribution is 7.89. The number of halogens is 1. The molecule has 1 aromatic heterocycles. The van der Waals surface area contributed by atoms with E-state index in [-0.39, 0.29) is 17.3 Å². The number of benzene rings is 2. The molecule has 0 radical (unpaired) electrons. The van der Waals surface area contributed by atoms with Crippen LogP contribution in [0.25, 0.3) is 0 Å². The summed E-state index contributed by atoms with van der Waals surface area (Å²) in [5.41, 5.74) is 1.72. The number of anilines is 2. The van der Waals surface area contributed by atoms with E-state index in [1.54, 1.807) is 48.5 Å². The fourth-order valence-electron chi connectivity index (χ4n) is 2.87. The second kappa shape index (κ2) is 10.4. The lowest BCUT2D eigenvalue weighted by atomic mass is 10.2. The van der Waals surface area contributed by atoms with Gasteiger partial charge in [-0.1, -0.05) is 23.7 Å². The van der Waals surface area contributed by atoms with Gasteiger partial charge in [-0.2, -0.15) is 4.31 Å². The van der Waals surface area contributed by atoms with Crippen molar-refractivity contribution < 1.29 is 18.0 Å². The number of pyridine rings is 1. The van der Waals surface area contributed by atoms with E-state index in [2.05, 4.69) is 15.6 Å². The maximum absolute atomic E-state index is 13.2. The summed E-state index contributed by atoms with van der Waals surface area (Å²) in [6, 6.07) is 16.2. The molecule has 0 aliphatic heterocycles. The van der Waals surface area contributed by atoms with Crippen LogP contribution in [0.3, 0.4) is 0 Å². The number of nitrogens with zero attached hydrogens (tertiary/aromatic N) is 2. The molecule has 1 heterocycles. The van der Waals surface area contributed by atoms with Crippen molar-refractivity contribution in [2.24, 2.45) is 0 Å². The number of carbonyl (C=O) groups is 2. The molecule has 0 saturated heterocycles. The van der Waals surface area contributed by atoms with Crippen LogP contribution < -0.4 is 10.6 Å². The van der Waals surface area contributed by atoms with Crippen LogP contribution in [-0.4, -0.2) is 36.1 Å². The lowest BCUT2D eigenvalue weighted by molar-refractivity contribution is -0.116. The minimum atomic E-state index is -3.99. The predicted octanol–water partition coefficient (Wildman–Crippen LogP) is 3.52. The summed E-state index contributed by atoms with van der Waals surface area (Å²) in [6.45, 7) is 0.963. The Balaban J connectivity index is 1.79. The molecule has 0 aliphatic carbocycles. The summed E-state index contributed by atoms with van der Waals surface area (Å²) < 4.78 is 27.4. The number of hydrogen-bond donors (Lipinski definition) is 2. The summed E-state index contributed by atoms with van der Waals surface area (Å²) in [5.74, 6) is -0.723. The Hall–Kier alpha value is -3.27. The van der Waals surface area contributed by atoms with Crippen molar-refractivity contribution in [2.75, 3.05) is 17.2 Å². The van der Waals surface area contributed by atoms with E-state index in [0.717, 1.165) is 4.31 Å². The quantitative estimate of drug-likeness (QED) is 0.521. The maximum Gasteiger partial charge on any atom is 0.245 e. The van der Waals surface area contributed by atoms with E-state index in [9.17, 15) is 18.0 Å². The van der Waals surface area contributed by atoms with E-state index in [4.69, 9.17) is 11.6 Å². The highest BCUT2D eigenvalue weighted by Crippen LogP contribution is 2.20. The van der Waals surface area contributed by atoms with Gasteiger partial charge in [-0.25, -0.2) is 8.42 Å². The van der Waals surface area contributed by atoms with Crippen molar-refractivity contribution in [2.45, 2.75) is 18.4 Å². The molecule has 10 heteroatoms. The van der Waals surface area contributed by atoms with Crippen molar-refractivity contribution in [3.63, 3.8) is 0 Å². The number of amides is 2. The molecule has 0 atom stereocenters. The Morgan fingerprint density at radius 3 is 2.16 bits per heavy atom. The molecule has 0 unspecified atom stereocenters. The van der Waals surface area contributed by atoms with Crippen LogP contribution in [0, 0.1) is 0 Å². The van der Waals surface area contributed by atoms with Gasteiger partial charge >= 0.3 is 0 Å². The van der Waals surface area contributed by atoms with Gasteiger partial charge in [-0.3, -0.25) is 14.6 Å². The SMILES string of the molecule is CC(=O)Nc1ccc(NC(=O)CN(Cc2ccc(Cl)cc2)S(=O)(=O)c2cccnc2)cc1. The molecular weight excluding hydrogens is 452 g/mol. The van der Waals surface area contributed by atoms with Crippen LogP contribution in [0.4, 0.5) is 11.4 Å². The number of aromatic nitrogens is 1. The Bertz CT molecular complexity index is 1180. The second-order valence-corrected chi connectivity index (χ2v) is 9.27. The van der Waals surface area contributed by atoms with Gasteiger partial charge in [0.15, 0.2) is 0 Å². The first-order valence-electron chi connectivity index (χ1n) is 9.56. The van der Waals surface area contributed by atoms with Crippen molar-refractivity contribution in [1.82, 2.24) is 9.29 Å². The summed E-state index contributed by atoms with van der Waals surface area (Å²) in [4.78, 5) is 27.7. The van der Waals surface area contributed by atoms with Gasteiger partial charge in [0.2, 0.25) is 21.8 Å². The smallest absolute Gasteiger partial charge is 0.245 e. The lowest BCUT2D eigenvalue weighted by Crippen LogP contribution is -2.37. The number of sulfonamides is 1. The third-order valence-corrected chi connectivity index (χ3v) is 6.38. The van der Waals surface area contributed by atoms with E-state index in [1.807, 2.05) is 0 Å². The standard InChI is InChI=1S/C22H21ClN4O4S/c1-16(28)25-19-8-10-20(11-9-19)26-22(29)15-27(14-17-4-6-18(23)7-5-17)32(30,31)21-3-2-12-24-13-21/h2-13H,14-15H2,1H3,(H,25,28)(H,26,29). The van der Waals surface area contributed by atoms with E-state index in [0.29, 0.717) is 22.0 Å². The van der Waals surface area contributed by atoms with Crippen molar-refractivity contribution in [3.05, 3.63) is 83.6 Å². The monoisotopic (exact) mass is 472 g/mol. The van der Waals surface area contributed by atoms with E-state index >= 15 is 0 Å². The number of carbonyl (C=O) groups excluding carboxylic acids is 2. The summed E-state index contributed by atoms with van der Waals surface area (Å²) >= 11 is 5.92. The third-order valence-electron chi connectivity index (χ3n) is 4.35. The largest absolute Gasteiger partial charge is 0.326 e. The minimum Gasteiger partial charge on any atom is -0.326 e. The Kier molecular flexibility index (Phi) is 7.57. The third kappa shape index (κ3) is 6.36. The molecule has 0 aliphatic rings. The second-order valence-electron chi connectivity index (χ2n) is 6.90. The molecule has 0 spiro atoms. The molecule has 166 valence electrons. The molecule has 0 bridgehead atoms. The van der Waals surface area contributed by atoms with Gasteiger partial charge in [0.1, 0.15) is 4.90 Å². The average Bonchev–Trinajstić information content (AvgIpc) is 2.76. The van der Waals surface area contributed by atoms with Gasteiger partial charge in [0, 0.05) is 42.3 Å². The first kappa shape index (κ1) is 23.4. The predicted molar refractivity (Wildman–Crippen MR) is 123 cm³/mol. The van der Waals surface area contributed by atoms with Crippen LogP contribution in [-0.2, 0) is 26.2 Å². The van der Waals surface area contributed by atoms with E-state index < -0.39 is 22.5 Å². The van der Waals surface area contributed by atoms with Gasteiger partial charge in [-0.15, -0.1) is 0 Å². The zero-order chi connectivity index (χ0) is 23.1. The molecule has 8 nitrogen and oxygen atoms in total. The molecule has 3 rings (SSSR count). The van der Waals surface area contributed by atoms with Crippen molar-refractivity contribution in [1.29, 1.82) is 0 Å². The van der Waals surface area contributed by atoms with Gasteiger partial charge in [0.05, 0.1) is 6.54 Å². The van der Waals surface area contributed by atoms with Crippen molar-refractivity contribution in [3.8, 4) is 0 Å². The zero-order valence-corrected chi connectivity index (χ0v) is 18.7. The van der Waals surface area contributed by atoms with Gasteiger partial charge in [0.25, 0.3) is 0 Å². The molecule has 2 amide bonds. The van der Waals surface area contributed by atoms with E-state index in [1.165, 1.54) is 31.5 Å². The molecular formula is C22H21ClN4O4S. The number of rotatable bonds is 8. The van der Waals surface area contributed by atoms with Gasteiger partial charge < -0.3 is 10.6 Å². The summed E-state index contributed by atoms with van der Waals surface area (Å²) in [6.07, 6.45) is 2.71. The molecule has 0 fully saturated rings. The number of hydrogen-bond acceptors (Lipinski definition) is 5. The number of nitrogens with one attached hydrogen (secondary N) is 2. The fourth-order valence-corrected chi connectivity index (χ4v) is 4.34. The Morgan fingerprint density at radius 1 is 0.969 bits per heavy atom. The zero-order valence-electron chi connectivity index (χ0n) is 17.2.